The molecule has 4 rings (SSSR count). The second-order valence-electron chi connectivity index (χ2n) is 6.29. The largest absolute Gasteiger partial charge is 0.530 e. The van der Waals surface area contributed by atoms with Crippen LogP contribution < -0.4 is 10.2 Å². The van der Waals surface area contributed by atoms with Gasteiger partial charge in [-0.15, -0.1) is 0 Å². The first-order valence-corrected chi connectivity index (χ1v) is 11.0. The van der Waals surface area contributed by atoms with E-state index in [4.69, 9.17) is 29.9 Å². The first-order chi connectivity index (χ1) is 14.3. The number of H-pyrrole nitrogens is 1. The van der Waals surface area contributed by atoms with Crippen molar-refractivity contribution in [2.75, 3.05) is 13.8 Å². The van der Waals surface area contributed by atoms with Gasteiger partial charge in [0, 0.05) is 10.6 Å². The molecule has 2 aliphatic heterocycles. The molecule has 164 valence electrons. The lowest BCUT2D eigenvalue weighted by molar-refractivity contribution is -0.0268. The molecule has 13 heteroatoms. The highest BCUT2D eigenvalue weighted by Crippen LogP contribution is 2.55. The van der Waals surface area contributed by atoms with Crippen LogP contribution in [-0.4, -0.2) is 29.4 Å². The molecule has 1 aromatic carbocycles. The lowest BCUT2D eigenvalue weighted by atomic mass is 10.2. The van der Waals surface area contributed by atoms with Crippen LogP contribution in [0.4, 0.5) is 8.78 Å². The average Bonchev–Trinajstić information content (AvgIpc) is 3.20. The first kappa shape index (κ1) is 23.1. The standard InChI is InChI=1S/C16H15ClFN2O6PS.CH3F/c17-10-1-3-13-9(5-10)7-23-27(22,26-13)24-8-11-2-4-14(25-11)20-6-12(18)15(28)19-16(20)21;1-2/h1,3,5-6,11,14H,2,4,7-8H2,(H,19,21,28);1H3. The highest BCUT2D eigenvalue weighted by atomic mass is 35.5. The van der Waals surface area contributed by atoms with Gasteiger partial charge in [-0.3, -0.25) is 23.0 Å². The van der Waals surface area contributed by atoms with E-state index >= 15 is 0 Å². The third-order valence-electron chi connectivity index (χ3n) is 4.35. The van der Waals surface area contributed by atoms with E-state index in [1.165, 1.54) is 0 Å². The number of halogens is 3. The molecule has 1 aromatic heterocycles. The average molecular weight is 483 g/mol. The monoisotopic (exact) mass is 482 g/mol. The number of ether oxygens (including phenoxy) is 1. The van der Waals surface area contributed by atoms with Crippen LogP contribution in [0.15, 0.2) is 29.2 Å². The van der Waals surface area contributed by atoms with Gasteiger partial charge in [-0.05, 0) is 31.0 Å². The molecule has 0 saturated carbocycles. The fraction of sp³-hybridized carbons (Fsp3) is 0.412. The first-order valence-electron chi connectivity index (χ1n) is 8.74. The minimum Gasteiger partial charge on any atom is -0.404 e. The zero-order chi connectivity index (χ0) is 21.9. The van der Waals surface area contributed by atoms with Crippen molar-refractivity contribution in [2.24, 2.45) is 0 Å². The number of hydrogen-bond acceptors (Lipinski definition) is 7. The van der Waals surface area contributed by atoms with Crippen molar-refractivity contribution in [3.63, 3.8) is 0 Å². The van der Waals surface area contributed by atoms with Crippen molar-refractivity contribution < 1.29 is 31.7 Å². The number of rotatable bonds is 4. The molecule has 1 N–H and O–H groups in total. The number of aromatic nitrogens is 2. The molecular formula is C17H18ClF2N2O6PS. The number of nitrogens with one attached hydrogen (secondary N) is 1. The summed E-state index contributed by atoms with van der Waals surface area (Å²) >= 11 is 10.6. The lowest BCUT2D eigenvalue weighted by Gasteiger charge is -2.25. The smallest absolute Gasteiger partial charge is 0.404 e. The maximum absolute atomic E-state index is 13.6. The van der Waals surface area contributed by atoms with Crippen LogP contribution in [0, 0.1) is 10.5 Å². The third-order valence-corrected chi connectivity index (χ3v) is 6.21. The van der Waals surface area contributed by atoms with E-state index in [-0.39, 0.29) is 17.9 Å². The summed E-state index contributed by atoms with van der Waals surface area (Å²) in [5, 5.41) is 0.516. The van der Waals surface area contributed by atoms with Crippen LogP contribution in [0.3, 0.4) is 0 Å². The molecule has 30 heavy (non-hydrogen) atoms. The Morgan fingerprint density at radius 3 is 2.93 bits per heavy atom. The summed E-state index contributed by atoms with van der Waals surface area (Å²) in [6.45, 7) is -0.0317. The molecule has 0 aliphatic carbocycles. The van der Waals surface area contributed by atoms with Gasteiger partial charge in [0.05, 0.1) is 32.7 Å². The van der Waals surface area contributed by atoms with Crippen molar-refractivity contribution in [3.05, 3.63) is 55.9 Å². The Morgan fingerprint density at radius 1 is 1.40 bits per heavy atom. The number of phosphoric acid groups is 1. The Hall–Kier alpha value is -1.62. The van der Waals surface area contributed by atoms with E-state index in [9.17, 15) is 18.1 Å². The third kappa shape index (κ3) is 5.16. The van der Waals surface area contributed by atoms with Gasteiger partial charge in [-0.1, -0.05) is 23.8 Å². The van der Waals surface area contributed by atoms with Gasteiger partial charge in [0.2, 0.25) is 0 Å². The Labute approximate surface area is 180 Å². The summed E-state index contributed by atoms with van der Waals surface area (Å²) in [4.78, 5) is 14.2. The summed E-state index contributed by atoms with van der Waals surface area (Å²) in [6.07, 6.45) is 0.825. The molecule has 0 bridgehead atoms. The zero-order valence-corrected chi connectivity index (χ0v) is 18.1. The van der Waals surface area contributed by atoms with Crippen molar-refractivity contribution in [3.8, 4) is 5.75 Å². The van der Waals surface area contributed by atoms with Gasteiger partial charge in [0.25, 0.3) is 0 Å². The second kappa shape index (κ2) is 9.67. The second-order valence-corrected chi connectivity index (χ2v) is 8.73. The minimum absolute atomic E-state index is 0.0409. The maximum Gasteiger partial charge on any atom is 0.530 e. The molecule has 1 saturated heterocycles. The predicted molar refractivity (Wildman–Crippen MR) is 106 cm³/mol. The van der Waals surface area contributed by atoms with Crippen molar-refractivity contribution in [1.82, 2.24) is 9.55 Å². The highest BCUT2D eigenvalue weighted by molar-refractivity contribution is 7.71. The fourth-order valence-electron chi connectivity index (χ4n) is 2.97. The Kier molecular flexibility index (Phi) is 7.43. The molecule has 2 aliphatic rings. The fourth-order valence-corrected chi connectivity index (χ4v) is 4.55. The Morgan fingerprint density at radius 2 is 2.17 bits per heavy atom. The van der Waals surface area contributed by atoms with E-state index in [0.29, 0.717) is 36.4 Å². The molecular weight excluding hydrogens is 465 g/mol. The number of nitrogens with zero attached hydrogens (tertiary/aromatic N) is 1. The van der Waals surface area contributed by atoms with Crippen LogP contribution >= 0.6 is 31.6 Å². The van der Waals surface area contributed by atoms with Crippen LogP contribution in [0.2, 0.25) is 5.02 Å². The maximum atomic E-state index is 13.6. The SMILES string of the molecule is CF.O=c1[nH]c(=S)c(F)cn1C1CCC(COP2(=O)OCc3cc(Cl)ccc3O2)O1. The lowest BCUT2D eigenvalue weighted by Crippen LogP contribution is -2.28. The molecule has 3 heterocycles. The molecule has 2 aromatic rings. The normalized spacial score (nSPS) is 25.1. The number of fused-ring (bicyclic) bond motifs is 1. The number of phosphoric ester groups is 1. The molecule has 0 radical (unpaired) electrons. The topological polar surface area (TPSA) is 91.8 Å². The van der Waals surface area contributed by atoms with E-state index < -0.39 is 31.7 Å². The molecule has 8 nitrogen and oxygen atoms in total. The van der Waals surface area contributed by atoms with Gasteiger partial charge in [0.15, 0.2) is 5.82 Å². The summed E-state index contributed by atoms with van der Waals surface area (Å²) in [5.74, 6) is -0.337. The summed E-state index contributed by atoms with van der Waals surface area (Å²) in [6, 6.07) is 4.87. The highest BCUT2D eigenvalue weighted by Gasteiger charge is 2.37. The summed E-state index contributed by atoms with van der Waals surface area (Å²) < 4.78 is 58.3. The van der Waals surface area contributed by atoms with Crippen LogP contribution in [0.1, 0.15) is 24.6 Å². The quantitative estimate of drug-likeness (QED) is 0.499. The van der Waals surface area contributed by atoms with Gasteiger partial charge < -0.3 is 9.26 Å². The number of benzene rings is 1. The van der Waals surface area contributed by atoms with Crippen LogP contribution in [0.5, 0.6) is 5.75 Å². The van der Waals surface area contributed by atoms with Crippen molar-refractivity contribution in [2.45, 2.75) is 31.8 Å². The van der Waals surface area contributed by atoms with Crippen molar-refractivity contribution in [1.29, 1.82) is 0 Å². The van der Waals surface area contributed by atoms with E-state index in [2.05, 4.69) is 17.2 Å². The number of aromatic amines is 1. The van der Waals surface area contributed by atoms with E-state index in [1.54, 1.807) is 18.2 Å². The zero-order valence-electron chi connectivity index (χ0n) is 15.7. The summed E-state index contributed by atoms with van der Waals surface area (Å²) in [7, 11) is -3.30. The number of alkyl halides is 1. The molecule has 3 atom stereocenters. The molecule has 0 spiro atoms. The summed E-state index contributed by atoms with van der Waals surface area (Å²) in [5.41, 5.74) is 0.0996. The Bertz CT molecular complexity index is 1080. The van der Waals surface area contributed by atoms with Crippen LogP contribution in [0.25, 0.3) is 0 Å². The minimum atomic E-state index is -3.80. The van der Waals surface area contributed by atoms with Crippen LogP contribution in [-0.2, 0) is 25.0 Å². The van der Waals surface area contributed by atoms with E-state index in [0.717, 1.165) is 10.8 Å². The Balaban J connectivity index is 0.00000124. The van der Waals surface area contributed by atoms with Gasteiger partial charge >= 0.3 is 13.5 Å². The van der Waals surface area contributed by atoms with Gasteiger partial charge in [0.1, 0.15) is 16.6 Å². The molecule has 0 amide bonds. The van der Waals surface area contributed by atoms with Crippen molar-refractivity contribution >= 4 is 31.6 Å². The van der Waals surface area contributed by atoms with Gasteiger partial charge in [-0.25, -0.2) is 13.8 Å². The van der Waals surface area contributed by atoms with Gasteiger partial charge in [-0.2, -0.15) is 0 Å². The molecule has 1 fully saturated rings. The number of hydrogen-bond donors (Lipinski definition) is 1. The van der Waals surface area contributed by atoms with E-state index in [1.807, 2.05) is 0 Å². The predicted octanol–water partition coefficient (Wildman–Crippen LogP) is 4.70. The molecule has 3 unspecified atom stereocenters.